The van der Waals surface area contributed by atoms with Gasteiger partial charge in [-0.3, -0.25) is 13.9 Å². The summed E-state index contributed by atoms with van der Waals surface area (Å²) in [5, 5.41) is 3.41. The summed E-state index contributed by atoms with van der Waals surface area (Å²) in [6, 6.07) is 12.2. The zero-order valence-electron chi connectivity index (χ0n) is 20.1. The third-order valence-corrected chi connectivity index (χ3v) is 5.55. The van der Waals surface area contributed by atoms with Crippen LogP contribution in [0.5, 0.6) is 0 Å². The van der Waals surface area contributed by atoms with Crippen LogP contribution in [0.4, 0.5) is 0 Å². The van der Waals surface area contributed by atoms with Gasteiger partial charge in [-0.25, -0.2) is 9.78 Å². The number of benzene rings is 1. The van der Waals surface area contributed by atoms with Crippen LogP contribution in [0.1, 0.15) is 40.2 Å². The van der Waals surface area contributed by atoms with E-state index in [0.29, 0.717) is 25.3 Å². The van der Waals surface area contributed by atoms with Gasteiger partial charge in [-0.2, -0.15) is 0 Å². The van der Waals surface area contributed by atoms with Crippen molar-refractivity contribution < 1.29 is 4.79 Å². The van der Waals surface area contributed by atoms with Crippen molar-refractivity contribution in [2.24, 2.45) is 12.5 Å². The van der Waals surface area contributed by atoms with E-state index in [4.69, 9.17) is 4.98 Å². The van der Waals surface area contributed by atoms with Crippen molar-refractivity contribution in [3.8, 4) is 11.3 Å². The molecule has 0 aliphatic heterocycles. The van der Waals surface area contributed by atoms with E-state index in [9.17, 15) is 9.59 Å². The van der Waals surface area contributed by atoms with Crippen LogP contribution in [0.2, 0.25) is 0 Å². The zero-order chi connectivity index (χ0) is 23.5. The Morgan fingerprint density at radius 3 is 2.59 bits per heavy atom. The highest BCUT2D eigenvalue weighted by molar-refractivity contribution is 5.76. The Balaban J connectivity index is 1.78. The van der Waals surface area contributed by atoms with E-state index in [0.717, 1.165) is 35.4 Å². The van der Waals surface area contributed by atoms with E-state index in [1.807, 2.05) is 40.7 Å². The first kappa shape index (κ1) is 23.7. The van der Waals surface area contributed by atoms with Gasteiger partial charge in [0.05, 0.1) is 11.2 Å². The molecule has 0 saturated heterocycles. The Bertz CT molecular complexity index is 1150. The number of hydrogen-bond acceptors (Lipinski definition) is 4. The molecule has 3 aromatic rings. The Labute approximate surface area is 190 Å². The third kappa shape index (κ3) is 5.46. The molecule has 7 heteroatoms. The van der Waals surface area contributed by atoms with Crippen molar-refractivity contribution in [3.63, 3.8) is 0 Å². The van der Waals surface area contributed by atoms with Gasteiger partial charge in [0, 0.05) is 52.3 Å². The van der Waals surface area contributed by atoms with Crippen LogP contribution in [-0.2, 0) is 24.9 Å². The SMILES string of the molecule is CCN(CCNCc1cccc(-c2ccc3c(n2)n(C)c(=O)n3CC(C)(C)C)c1)C(C)=O. The predicted octanol–water partition coefficient (Wildman–Crippen LogP) is 3.41. The minimum atomic E-state index is -0.0378. The molecule has 0 aliphatic rings. The lowest BCUT2D eigenvalue weighted by Crippen LogP contribution is -2.35. The van der Waals surface area contributed by atoms with Gasteiger partial charge in [-0.1, -0.05) is 39.0 Å². The van der Waals surface area contributed by atoms with Gasteiger partial charge in [-0.15, -0.1) is 0 Å². The topological polar surface area (TPSA) is 72.2 Å². The van der Waals surface area contributed by atoms with Crippen molar-refractivity contribution in [1.82, 2.24) is 24.3 Å². The van der Waals surface area contributed by atoms with E-state index >= 15 is 0 Å². The molecular formula is C25H35N5O2. The summed E-state index contributed by atoms with van der Waals surface area (Å²) in [7, 11) is 1.78. The van der Waals surface area contributed by atoms with Crippen LogP contribution >= 0.6 is 0 Å². The Kier molecular flexibility index (Phi) is 7.19. The molecule has 0 bridgehead atoms. The smallest absolute Gasteiger partial charge is 0.330 e. The van der Waals surface area contributed by atoms with E-state index in [1.165, 1.54) is 0 Å². The minimum Gasteiger partial charge on any atom is -0.342 e. The highest BCUT2D eigenvalue weighted by Crippen LogP contribution is 2.23. The average Bonchev–Trinajstić information content (AvgIpc) is 2.97. The number of nitrogens with one attached hydrogen (secondary N) is 1. The average molecular weight is 438 g/mol. The van der Waals surface area contributed by atoms with E-state index in [2.05, 4.69) is 38.2 Å². The number of nitrogens with zero attached hydrogens (tertiary/aromatic N) is 4. The van der Waals surface area contributed by atoms with Gasteiger partial charge in [0.25, 0.3) is 0 Å². The Morgan fingerprint density at radius 2 is 1.94 bits per heavy atom. The van der Waals surface area contributed by atoms with E-state index < -0.39 is 0 Å². The first-order chi connectivity index (χ1) is 15.1. The lowest BCUT2D eigenvalue weighted by molar-refractivity contribution is -0.128. The first-order valence-corrected chi connectivity index (χ1v) is 11.2. The second-order valence-electron chi connectivity index (χ2n) is 9.50. The molecule has 1 amide bonds. The molecule has 7 nitrogen and oxygen atoms in total. The molecule has 0 unspecified atom stereocenters. The first-order valence-electron chi connectivity index (χ1n) is 11.2. The third-order valence-electron chi connectivity index (χ3n) is 5.55. The number of amides is 1. The highest BCUT2D eigenvalue weighted by Gasteiger charge is 2.18. The fraction of sp³-hybridized carbons (Fsp3) is 0.480. The summed E-state index contributed by atoms with van der Waals surface area (Å²) in [4.78, 5) is 30.9. The lowest BCUT2D eigenvalue weighted by Gasteiger charge is -2.19. The Morgan fingerprint density at radius 1 is 1.19 bits per heavy atom. The summed E-state index contributed by atoms with van der Waals surface area (Å²) in [6.45, 7) is 13.5. The van der Waals surface area contributed by atoms with E-state index in [-0.39, 0.29) is 17.0 Å². The molecule has 32 heavy (non-hydrogen) atoms. The maximum Gasteiger partial charge on any atom is 0.330 e. The molecule has 1 aromatic carbocycles. The van der Waals surface area contributed by atoms with Crippen LogP contribution in [0.3, 0.4) is 0 Å². The van der Waals surface area contributed by atoms with Crippen LogP contribution in [0.25, 0.3) is 22.4 Å². The monoisotopic (exact) mass is 437 g/mol. The predicted molar refractivity (Wildman–Crippen MR) is 129 cm³/mol. The number of likely N-dealkylation sites (N-methyl/N-ethyl adjacent to an activating group) is 1. The van der Waals surface area contributed by atoms with Crippen LogP contribution < -0.4 is 11.0 Å². The van der Waals surface area contributed by atoms with Crippen LogP contribution in [0.15, 0.2) is 41.2 Å². The number of imidazole rings is 1. The molecular weight excluding hydrogens is 402 g/mol. The molecule has 1 N–H and O–H groups in total. The van der Waals surface area contributed by atoms with Crippen molar-refractivity contribution in [2.75, 3.05) is 19.6 Å². The van der Waals surface area contributed by atoms with E-state index in [1.54, 1.807) is 18.5 Å². The number of hydrogen-bond donors (Lipinski definition) is 1. The number of pyridine rings is 1. The summed E-state index contributed by atoms with van der Waals surface area (Å²) in [5.74, 6) is 0.100. The standard InChI is InChI=1S/C25H35N5O2/c1-7-29(18(2)31)14-13-26-16-19-9-8-10-20(15-19)21-11-12-22-23(27-21)28(6)24(32)30(22)17-25(3,4)5/h8-12,15,26H,7,13-14,16-17H2,1-6H3. The second-order valence-corrected chi connectivity index (χ2v) is 9.50. The Hall–Kier alpha value is -2.93. The largest absolute Gasteiger partial charge is 0.342 e. The van der Waals surface area contributed by atoms with Gasteiger partial charge in [-0.05, 0) is 36.1 Å². The maximum absolute atomic E-state index is 12.8. The van der Waals surface area contributed by atoms with Crippen LogP contribution in [0, 0.1) is 5.41 Å². The normalized spacial score (nSPS) is 11.8. The van der Waals surface area contributed by atoms with Crippen molar-refractivity contribution >= 4 is 17.1 Å². The summed E-state index contributed by atoms with van der Waals surface area (Å²) >= 11 is 0. The molecule has 0 saturated carbocycles. The molecule has 0 radical (unpaired) electrons. The number of carbonyl (C=O) groups is 1. The zero-order valence-corrected chi connectivity index (χ0v) is 20.1. The molecule has 0 spiro atoms. The lowest BCUT2D eigenvalue weighted by atomic mass is 9.97. The quantitative estimate of drug-likeness (QED) is 0.548. The fourth-order valence-corrected chi connectivity index (χ4v) is 3.89. The second kappa shape index (κ2) is 9.69. The van der Waals surface area contributed by atoms with Gasteiger partial charge in [0.15, 0.2) is 5.65 Å². The summed E-state index contributed by atoms with van der Waals surface area (Å²) in [6.07, 6.45) is 0. The fourth-order valence-electron chi connectivity index (χ4n) is 3.89. The van der Waals surface area contributed by atoms with Gasteiger partial charge < -0.3 is 10.2 Å². The molecule has 3 rings (SSSR count). The molecule has 2 heterocycles. The van der Waals surface area contributed by atoms with Gasteiger partial charge in [0.2, 0.25) is 5.91 Å². The highest BCUT2D eigenvalue weighted by atomic mass is 16.2. The molecule has 2 aromatic heterocycles. The number of rotatable bonds is 8. The van der Waals surface area contributed by atoms with Crippen molar-refractivity contribution in [1.29, 1.82) is 0 Å². The molecule has 0 fully saturated rings. The van der Waals surface area contributed by atoms with Crippen LogP contribution in [-0.4, -0.2) is 44.6 Å². The van der Waals surface area contributed by atoms with Crippen molar-refractivity contribution in [2.45, 2.75) is 47.7 Å². The number of aromatic nitrogens is 3. The van der Waals surface area contributed by atoms with Crippen molar-refractivity contribution in [3.05, 3.63) is 52.4 Å². The van der Waals surface area contributed by atoms with Gasteiger partial charge >= 0.3 is 5.69 Å². The molecule has 0 aliphatic carbocycles. The van der Waals surface area contributed by atoms with Gasteiger partial charge in [0.1, 0.15) is 0 Å². The summed E-state index contributed by atoms with van der Waals surface area (Å²) in [5.41, 5.74) is 4.52. The summed E-state index contributed by atoms with van der Waals surface area (Å²) < 4.78 is 3.44. The maximum atomic E-state index is 12.8. The number of carbonyl (C=O) groups excluding carboxylic acids is 1. The number of fused-ring (bicyclic) bond motifs is 1. The minimum absolute atomic E-state index is 0.00328. The molecule has 172 valence electrons. The molecule has 0 atom stereocenters. The number of aryl methyl sites for hydroxylation is 1.